The van der Waals surface area contributed by atoms with Crippen molar-refractivity contribution in [2.45, 2.75) is 19.5 Å². The van der Waals surface area contributed by atoms with E-state index < -0.39 is 35.1 Å². The van der Waals surface area contributed by atoms with Crippen molar-refractivity contribution in [3.63, 3.8) is 0 Å². The molecule has 1 aliphatic heterocycles. The second-order valence-electron chi connectivity index (χ2n) is 6.84. The van der Waals surface area contributed by atoms with E-state index >= 15 is 0 Å². The van der Waals surface area contributed by atoms with Crippen LogP contribution in [-0.2, 0) is 16.0 Å². The first-order valence-corrected chi connectivity index (χ1v) is 9.47. The van der Waals surface area contributed by atoms with E-state index in [1.165, 1.54) is 6.07 Å². The van der Waals surface area contributed by atoms with Crippen molar-refractivity contribution in [2.24, 2.45) is 0 Å². The summed E-state index contributed by atoms with van der Waals surface area (Å²) in [6.45, 7) is 4.41. The summed E-state index contributed by atoms with van der Waals surface area (Å²) >= 11 is 0. The highest BCUT2D eigenvalue weighted by Gasteiger charge is 2.43. The fourth-order valence-electron chi connectivity index (χ4n) is 3.28. The van der Waals surface area contributed by atoms with E-state index in [-0.39, 0.29) is 12.1 Å². The van der Waals surface area contributed by atoms with Gasteiger partial charge in [0.15, 0.2) is 0 Å². The fourth-order valence-corrected chi connectivity index (χ4v) is 3.28. The van der Waals surface area contributed by atoms with Gasteiger partial charge < -0.3 is 19.9 Å². The molecule has 11 heteroatoms. The number of hydrogen-bond donors (Lipinski definition) is 2. The minimum Gasteiger partial charge on any atom is -0.382 e. The molecule has 1 saturated heterocycles. The summed E-state index contributed by atoms with van der Waals surface area (Å²) in [6.07, 6.45) is -5.11. The summed E-state index contributed by atoms with van der Waals surface area (Å²) in [5.74, 6) is -4.93. The van der Waals surface area contributed by atoms with Crippen molar-refractivity contribution in [2.75, 3.05) is 31.1 Å². The number of ether oxygens (including phenoxy) is 1. The average molecular weight is 441 g/mol. The maximum atomic E-state index is 14.7. The van der Waals surface area contributed by atoms with E-state index in [4.69, 9.17) is 0 Å². The Hall–Kier alpha value is -3.21. The van der Waals surface area contributed by atoms with Crippen LogP contribution in [0.4, 0.5) is 23.2 Å². The molecule has 1 aromatic carbocycles. The highest BCUT2D eigenvalue weighted by atomic mass is 19.4. The molecule has 2 heterocycles. The fraction of sp³-hybridized carbons (Fsp3) is 0.350. The second-order valence-corrected chi connectivity index (χ2v) is 6.84. The Bertz CT molecular complexity index is 1060. The van der Waals surface area contributed by atoms with Crippen LogP contribution >= 0.6 is 0 Å². The van der Waals surface area contributed by atoms with Crippen LogP contribution in [0.15, 0.2) is 29.1 Å². The van der Waals surface area contributed by atoms with Crippen LogP contribution in [0.3, 0.4) is 0 Å². The van der Waals surface area contributed by atoms with Crippen LogP contribution in [0.25, 0.3) is 11.3 Å². The lowest BCUT2D eigenvalue weighted by molar-refractivity contribution is -0.193. The van der Waals surface area contributed by atoms with Crippen LogP contribution in [0.1, 0.15) is 22.8 Å². The van der Waals surface area contributed by atoms with E-state index in [1.54, 1.807) is 19.1 Å². The predicted octanol–water partition coefficient (Wildman–Crippen LogP) is 2.40. The molecule has 3 rings (SSSR count). The number of esters is 2. The molecule has 2 aromatic rings. The molecule has 1 aromatic heterocycles. The number of carbonyl (C=O) groups excluding carboxylic acids is 2. The Morgan fingerprint density at radius 1 is 1.16 bits per heavy atom. The molecular formula is C20H19F4N3O4. The first-order valence-electron chi connectivity index (χ1n) is 9.47. The van der Waals surface area contributed by atoms with Gasteiger partial charge in [-0.2, -0.15) is 13.2 Å². The Morgan fingerprint density at radius 3 is 2.42 bits per heavy atom. The molecule has 0 aliphatic carbocycles. The first-order chi connectivity index (χ1) is 14.6. The van der Waals surface area contributed by atoms with Gasteiger partial charge in [-0.15, -0.1) is 0 Å². The summed E-state index contributed by atoms with van der Waals surface area (Å²) in [7, 11) is 0. The van der Waals surface area contributed by atoms with E-state index in [1.807, 2.05) is 4.90 Å². The maximum Gasteiger partial charge on any atom is 0.491 e. The average Bonchev–Trinajstić information content (AvgIpc) is 2.73. The molecule has 7 nitrogen and oxygen atoms in total. The molecule has 0 unspecified atom stereocenters. The summed E-state index contributed by atoms with van der Waals surface area (Å²) in [5, 5.41) is 3.17. The highest BCUT2D eigenvalue weighted by molar-refractivity contribution is 5.98. The number of aromatic nitrogens is 1. The number of H-pyrrole nitrogens is 1. The number of benzene rings is 1. The number of halogens is 4. The van der Waals surface area contributed by atoms with Gasteiger partial charge in [-0.25, -0.2) is 14.0 Å². The number of nitrogens with one attached hydrogen (secondary N) is 2. The number of pyridine rings is 1. The summed E-state index contributed by atoms with van der Waals surface area (Å²) < 4.78 is 55.4. The minimum atomic E-state index is -5.38. The van der Waals surface area contributed by atoms with Crippen molar-refractivity contribution in [1.82, 2.24) is 10.3 Å². The zero-order valence-electron chi connectivity index (χ0n) is 16.4. The van der Waals surface area contributed by atoms with Crippen LogP contribution in [0, 0.1) is 5.82 Å². The lowest BCUT2D eigenvalue weighted by atomic mass is 10.0. The van der Waals surface area contributed by atoms with Gasteiger partial charge in [0.25, 0.3) is 5.56 Å². The van der Waals surface area contributed by atoms with Gasteiger partial charge in [-0.3, -0.25) is 4.79 Å². The van der Waals surface area contributed by atoms with Gasteiger partial charge in [-0.1, -0.05) is 13.0 Å². The molecule has 0 bridgehead atoms. The normalized spacial score (nSPS) is 14.4. The van der Waals surface area contributed by atoms with Crippen LogP contribution in [0.2, 0.25) is 0 Å². The van der Waals surface area contributed by atoms with Crippen LogP contribution < -0.4 is 15.8 Å². The Balaban J connectivity index is 1.93. The number of rotatable bonds is 4. The molecule has 0 amide bonds. The smallest absolute Gasteiger partial charge is 0.382 e. The molecule has 166 valence electrons. The number of hydrogen-bond acceptors (Lipinski definition) is 6. The van der Waals surface area contributed by atoms with Crippen molar-refractivity contribution >= 4 is 17.6 Å². The van der Waals surface area contributed by atoms with E-state index in [2.05, 4.69) is 15.0 Å². The monoisotopic (exact) mass is 441 g/mol. The van der Waals surface area contributed by atoms with Crippen molar-refractivity contribution in [3.05, 3.63) is 51.6 Å². The minimum absolute atomic E-state index is 0.219. The Kier molecular flexibility index (Phi) is 6.44. The molecule has 1 aliphatic rings. The zero-order chi connectivity index (χ0) is 22.8. The molecular weight excluding hydrogens is 422 g/mol. The quantitative estimate of drug-likeness (QED) is 0.430. The third kappa shape index (κ3) is 4.93. The maximum absolute atomic E-state index is 14.7. The van der Waals surface area contributed by atoms with E-state index in [0.29, 0.717) is 29.9 Å². The first kappa shape index (κ1) is 22.5. The van der Waals surface area contributed by atoms with Gasteiger partial charge in [0.05, 0.1) is 11.4 Å². The highest BCUT2D eigenvalue weighted by Crippen LogP contribution is 2.28. The van der Waals surface area contributed by atoms with Crippen molar-refractivity contribution in [1.29, 1.82) is 0 Å². The molecule has 0 atom stereocenters. The number of aromatic amines is 1. The Morgan fingerprint density at radius 2 is 1.84 bits per heavy atom. The molecule has 0 spiro atoms. The predicted molar refractivity (Wildman–Crippen MR) is 103 cm³/mol. The summed E-state index contributed by atoms with van der Waals surface area (Å²) in [6, 6.07) is 5.48. The SMILES string of the molecule is CCc1cc(C(=O)OC(=O)C(F)(F)F)c(=O)[nH]c1-c1ccc(N2CCNCC2)c(F)c1. The number of aryl methyl sites for hydroxylation is 1. The van der Waals surface area contributed by atoms with Gasteiger partial charge >= 0.3 is 18.1 Å². The van der Waals surface area contributed by atoms with Crippen LogP contribution in [0.5, 0.6) is 0 Å². The molecule has 2 N–H and O–H groups in total. The number of nitrogens with zero attached hydrogens (tertiary/aromatic N) is 1. The number of alkyl halides is 3. The van der Waals surface area contributed by atoms with Crippen molar-refractivity contribution < 1.29 is 31.9 Å². The van der Waals surface area contributed by atoms with E-state index in [0.717, 1.165) is 19.2 Å². The lowest BCUT2D eigenvalue weighted by Crippen LogP contribution is -2.43. The largest absolute Gasteiger partial charge is 0.491 e. The van der Waals surface area contributed by atoms with Gasteiger partial charge in [0.1, 0.15) is 11.4 Å². The third-order valence-corrected chi connectivity index (χ3v) is 4.83. The van der Waals surface area contributed by atoms with Gasteiger partial charge in [0.2, 0.25) is 0 Å². The number of anilines is 1. The van der Waals surface area contributed by atoms with E-state index in [9.17, 15) is 31.9 Å². The third-order valence-electron chi connectivity index (χ3n) is 4.83. The Labute approximate surface area is 174 Å². The molecule has 0 radical (unpaired) electrons. The van der Waals surface area contributed by atoms with Gasteiger partial charge in [-0.05, 0) is 30.2 Å². The lowest BCUT2D eigenvalue weighted by Gasteiger charge is -2.29. The summed E-state index contributed by atoms with van der Waals surface area (Å²) in [4.78, 5) is 39.3. The number of carbonyl (C=O) groups is 2. The molecule has 0 saturated carbocycles. The topological polar surface area (TPSA) is 91.5 Å². The molecule has 1 fully saturated rings. The molecule has 31 heavy (non-hydrogen) atoms. The van der Waals surface area contributed by atoms with Crippen LogP contribution in [-0.4, -0.2) is 49.3 Å². The van der Waals surface area contributed by atoms with Gasteiger partial charge in [0, 0.05) is 31.7 Å². The number of piperazine rings is 1. The zero-order valence-corrected chi connectivity index (χ0v) is 16.4. The second kappa shape index (κ2) is 8.88. The standard InChI is InChI=1S/C20H19F4N3O4/c1-2-11-9-13(18(29)31-19(30)20(22,23)24)17(28)26-16(11)12-3-4-15(14(21)10-12)27-7-5-25-6-8-27/h3-4,9-10,25H,2,5-8H2,1H3,(H,26,28). The summed E-state index contributed by atoms with van der Waals surface area (Å²) in [5.41, 5.74) is -0.486. The van der Waals surface area contributed by atoms with Crippen molar-refractivity contribution in [3.8, 4) is 11.3 Å².